The maximum absolute atomic E-state index is 10.4. The molecule has 112 valence electrons. The van der Waals surface area contributed by atoms with Gasteiger partial charge in [0.25, 0.3) is 0 Å². The summed E-state index contributed by atoms with van der Waals surface area (Å²) >= 11 is 0. The Morgan fingerprint density at radius 3 is 2.58 bits per heavy atom. The first-order valence-corrected chi connectivity index (χ1v) is 7.66. The summed E-state index contributed by atoms with van der Waals surface area (Å²) in [6.07, 6.45) is 4.74. The standard InChI is InChI=1S/C16H31NO2/c1-14(2)12-6-7-15(3,10-12)13(14)17-11-16(4,18)8-9-19-5/h12-13,17-18H,6-11H2,1-5H3. The summed E-state index contributed by atoms with van der Waals surface area (Å²) < 4.78 is 5.07. The molecule has 2 aliphatic rings. The van der Waals surface area contributed by atoms with Crippen molar-refractivity contribution in [2.45, 2.75) is 65.0 Å². The molecule has 0 spiro atoms. The van der Waals surface area contributed by atoms with Gasteiger partial charge in [-0.3, -0.25) is 0 Å². The number of nitrogens with one attached hydrogen (secondary N) is 1. The topological polar surface area (TPSA) is 41.5 Å². The van der Waals surface area contributed by atoms with Crippen molar-refractivity contribution in [2.75, 3.05) is 20.3 Å². The number of hydrogen-bond donors (Lipinski definition) is 2. The molecule has 0 saturated heterocycles. The molecule has 0 aromatic carbocycles. The van der Waals surface area contributed by atoms with Crippen LogP contribution < -0.4 is 5.32 Å². The molecule has 0 aromatic heterocycles. The summed E-state index contributed by atoms with van der Waals surface area (Å²) in [5.41, 5.74) is 0.0973. The van der Waals surface area contributed by atoms with E-state index in [0.29, 0.717) is 36.4 Å². The second-order valence-corrected chi connectivity index (χ2v) is 7.97. The van der Waals surface area contributed by atoms with Crippen molar-refractivity contribution in [3.63, 3.8) is 0 Å². The van der Waals surface area contributed by atoms with Crippen molar-refractivity contribution in [1.29, 1.82) is 0 Å². The van der Waals surface area contributed by atoms with E-state index in [1.54, 1.807) is 7.11 Å². The van der Waals surface area contributed by atoms with Crippen LogP contribution in [0.3, 0.4) is 0 Å². The van der Waals surface area contributed by atoms with E-state index < -0.39 is 5.60 Å². The van der Waals surface area contributed by atoms with Gasteiger partial charge in [0.1, 0.15) is 0 Å². The molecule has 2 aliphatic carbocycles. The van der Waals surface area contributed by atoms with Crippen molar-refractivity contribution in [2.24, 2.45) is 16.7 Å². The van der Waals surface area contributed by atoms with Crippen LogP contribution in [0.25, 0.3) is 0 Å². The summed E-state index contributed by atoms with van der Waals surface area (Å²) in [4.78, 5) is 0. The zero-order chi connectivity index (χ0) is 14.3. The first-order chi connectivity index (χ1) is 8.71. The summed E-state index contributed by atoms with van der Waals surface area (Å²) in [5, 5.41) is 14.1. The Morgan fingerprint density at radius 1 is 1.37 bits per heavy atom. The molecule has 2 saturated carbocycles. The molecular weight excluding hydrogens is 238 g/mol. The highest BCUT2D eigenvalue weighted by Gasteiger charge is 2.59. The van der Waals surface area contributed by atoms with E-state index in [4.69, 9.17) is 4.74 Å². The SMILES string of the molecule is COCCC(C)(O)CNC1C2(C)CCC(C2)C1(C)C. The third-order valence-corrected chi connectivity index (χ3v) is 5.80. The molecule has 3 heteroatoms. The maximum Gasteiger partial charge on any atom is 0.0765 e. The fraction of sp³-hybridized carbons (Fsp3) is 1.00. The normalized spacial score (nSPS) is 39.5. The molecule has 4 atom stereocenters. The minimum atomic E-state index is -0.676. The highest BCUT2D eigenvalue weighted by atomic mass is 16.5. The Labute approximate surface area is 118 Å². The van der Waals surface area contributed by atoms with Crippen LogP contribution in [0.15, 0.2) is 0 Å². The van der Waals surface area contributed by atoms with Gasteiger partial charge in [-0.25, -0.2) is 0 Å². The Morgan fingerprint density at radius 2 is 2.05 bits per heavy atom. The zero-order valence-electron chi connectivity index (χ0n) is 13.3. The molecule has 0 amide bonds. The van der Waals surface area contributed by atoms with Crippen molar-refractivity contribution >= 4 is 0 Å². The van der Waals surface area contributed by atoms with Gasteiger partial charge in [-0.1, -0.05) is 20.8 Å². The summed E-state index contributed by atoms with van der Waals surface area (Å²) in [6.45, 7) is 10.4. The predicted octanol–water partition coefficient (Wildman–Crippen LogP) is 2.58. The highest BCUT2D eigenvalue weighted by Crippen LogP contribution is 2.62. The number of methoxy groups -OCH3 is 1. The third-order valence-electron chi connectivity index (χ3n) is 5.80. The molecule has 0 aliphatic heterocycles. The van der Waals surface area contributed by atoms with Gasteiger partial charge < -0.3 is 15.2 Å². The van der Waals surface area contributed by atoms with E-state index in [9.17, 15) is 5.11 Å². The number of fused-ring (bicyclic) bond motifs is 2. The van der Waals surface area contributed by atoms with Gasteiger partial charge in [0.05, 0.1) is 5.60 Å². The van der Waals surface area contributed by atoms with E-state index in [2.05, 4.69) is 26.1 Å². The molecule has 2 rings (SSSR count). The molecule has 2 bridgehead atoms. The smallest absolute Gasteiger partial charge is 0.0765 e. The van der Waals surface area contributed by atoms with E-state index in [0.717, 1.165) is 5.92 Å². The van der Waals surface area contributed by atoms with Crippen LogP contribution in [-0.2, 0) is 4.74 Å². The van der Waals surface area contributed by atoms with E-state index in [1.807, 2.05) is 6.92 Å². The number of rotatable bonds is 6. The lowest BCUT2D eigenvalue weighted by Gasteiger charge is -2.44. The van der Waals surface area contributed by atoms with Crippen LogP contribution >= 0.6 is 0 Å². The fourth-order valence-electron chi connectivity index (χ4n) is 4.54. The van der Waals surface area contributed by atoms with Crippen LogP contribution in [0.5, 0.6) is 0 Å². The van der Waals surface area contributed by atoms with E-state index in [-0.39, 0.29) is 0 Å². The predicted molar refractivity (Wildman–Crippen MR) is 78.1 cm³/mol. The Bertz CT molecular complexity index is 322. The van der Waals surface area contributed by atoms with E-state index in [1.165, 1.54) is 19.3 Å². The molecule has 19 heavy (non-hydrogen) atoms. The van der Waals surface area contributed by atoms with Crippen LogP contribution in [0, 0.1) is 16.7 Å². The second kappa shape index (κ2) is 5.01. The molecule has 0 heterocycles. The summed E-state index contributed by atoms with van der Waals surface area (Å²) in [5.74, 6) is 0.846. The van der Waals surface area contributed by atoms with Crippen LogP contribution in [0.1, 0.15) is 53.4 Å². The van der Waals surface area contributed by atoms with Crippen LogP contribution in [0.4, 0.5) is 0 Å². The molecule has 4 unspecified atom stereocenters. The lowest BCUT2D eigenvalue weighted by Crippen LogP contribution is -2.54. The molecule has 0 aromatic rings. The first kappa shape index (κ1) is 15.3. The summed E-state index contributed by atoms with van der Waals surface area (Å²) in [7, 11) is 1.68. The van der Waals surface area contributed by atoms with Gasteiger partial charge in [0, 0.05) is 32.7 Å². The first-order valence-electron chi connectivity index (χ1n) is 7.66. The minimum absolute atomic E-state index is 0.352. The third kappa shape index (κ3) is 2.84. The second-order valence-electron chi connectivity index (χ2n) is 7.97. The van der Waals surface area contributed by atoms with Gasteiger partial charge >= 0.3 is 0 Å². The largest absolute Gasteiger partial charge is 0.389 e. The number of hydrogen-bond acceptors (Lipinski definition) is 3. The average molecular weight is 269 g/mol. The number of aliphatic hydroxyl groups is 1. The average Bonchev–Trinajstić information content (AvgIpc) is 2.77. The fourth-order valence-corrected chi connectivity index (χ4v) is 4.54. The lowest BCUT2D eigenvalue weighted by molar-refractivity contribution is 0.00943. The highest BCUT2D eigenvalue weighted by molar-refractivity contribution is 5.12. The van der Waals surface area contributed by atoms with Gasteiger partial charge in [-0.15, -0.1) is 0 Å². The lowest BCUT2D eigenvalue weighted by atomic mass is 9.68. The van der Waals surface area contributed by atoms with Crippen molar-refractivity contribution in [3.8, 4) is 0 Å². The monoisotopic (exact) mass is 269 g/mol. The van der Waals surface area contributed by atoms with E-state index >= 15 is 0 Å². The molecule has 3 nitrogen and oxygen atoms in total. The van der Waals surface area contributed by atoms with Crippen molar-refractivity contribution < 1.29 is 9.84 Å². The Kier molecular flexibility index (Phi) is 4.03. The van der Waals surface area contributed by atoms with Gasteiger partial charge in [-0.2, -0.15) is 0 Å². The molecule has 2 fully saturated rings. The van der Waals surface area contributed by atoms with Gasteiger partial charge in [0.15, 0.2) is 0 Å². The molecular formula is C16H31NO2. The zero-order valence-corrected chi connectivity index (χ0v) is 13.3. The van der Waals surface area contributed by atoms with Crippen molar-refractivity contribution in [3.05, 3.63) is 0 Å². The van der Waals surface area contributed by atoms with Crippen LogP contribution in [-0.4, -0.2) is 37.0 Å². The molecule has 2 N–H and O–H groups in total. The maximum atomic E-state index is 10.4. The number of ether oxygens (including phenoxy) is 1. The minimum Gasteiger partial charge on any atom is -0.389 e. The van der Waals surface area contributed by atoms with Crippen molar-refractivity contribution in [1.82, 2.24) is 5.32 Å². The molecule has 0 radical (unpaired) electrons. The Hall–Kier alpha value is -0.120. The van der Waals surface area contributed by atoms with Gasteiger partial charge in [-0.05, 0) is 42.9 Å². The quantitative estimate of drug-likeness (QED) is 0.779. The van der Waals surface area contributed by atoms with Gasteiger partial charge in [0.2, 0.25) is 0 Å². The Balaban J connectivity index is 1.95. The van der Waals surface area contributed by atoms with Crippen LogP contribution in [0.2, 0.25) is 0 Å². The summed E-state index contributed by atoms with van der Waals surface area (Å²) in [6, 6.07) is 0.521.